The molecule has 0 saturated heterocycles. The third kappa shape index (κ3) is 2.29. The Hall–Kier alpha value is -0.830. The molecule has 0 unspecified atom stereocenters. The summed E-state index contributed by atoms with van der Waals surface area (Å²) in [6.45, 7) is 1.74. The van der Waals surface area contributed by atoms with Gasteiger partial charge in [0.15, 0.2) is 0 Å². The summed E-state index contributed by atoms with van der Waals surface area (Å²) in [5.74, 6) is 0.549. The van der Waals surface area contributed by atoms with E-state index in [2.05, 4.69) is 9.97 Å². The van der Waals surface area contributed by atoms with Crippen molar-refractivity contribution in [3.8, 4) is 11.1 Å². The number of benzene rings is 1. The third-order valence-electron chi connectivity index (χ3n) is 2.07. The Morgan fingerprint density at radius 1 is 0.875 bits per heavy atom. The van der Waals surface area contributed by atoms with Crippen LogP contribution in [0.25, 0.3) is 11.1 Å². The van der Waals surface area contributed by atoms with Crippen molar-refractivity contribution in [3.05, 3.63) is 45.4 Å². The monoisotopic (exact) mass is 272 g/mol. The number of aryl methyl sites for hydroxylation is 1. The summed E-state index contributed by atoms with van der Waals surface area (Å²) in [5.41, 5.74) is 1.48. The highest BCUT2D eigenvalue weighted by atomic mass is 35.5. The summed E-state index contributed by atoms with van der Waals surface area (Å²) in [7, 11) is 0. The first-order valence-corrected chi connectivity index (χ1v) is 5.67. The molecule has 0 N–H and O–H groups in total. The second-order valence-corrected chi connectivity index (χ2v) is 4.39. The Morgan fingerprint density at radius 2 is 1.38 bits per heavy atom. The second kappa shape index (κ2) is 4.58. The molecule has 1 aromatic carbocycles. The number of hydrogen-bond acceptors (Lipinski definition) is 2. The minimum absolute atomic E-state index is 0.347. The van der Waals surface area contributed by atoms with Gasteiger partial charge >= 0.3 is 0 Å². The first-order valence-electron chi connectivity index (χ1n) is 4.53. The lowest BCUT2D eigenvalue weighted by molar-refractivity contribution is 1.06. The quantitative estimate of drug-likeness (QED) is 0.719. The summed E-state index contributed by atoms with van der Waals surface area (Å²) in [6, 6.07) is 7.19. The van der Waals surface area contributed by atoms with Crippen LogP contribution >= 0.6 is 34.8 Å². The smallest absolute Gasteiger partial charge is 0.142 e. The Labute approximate surface area is 108 Å². The molecule has 0 atom stereocenters. The maximum Gasteiger partial charge on any atom is 0.142 e. The third-order valence-corrected chi connectivity index (χ3v) is 2.86. The van der Waals surface area contributed by atoms with E-state index in [4.69, 9.17) is 34.8 Å². The van der Waals surface area contributed by atoms with Gasteiger partial charge in [-0.05, 0) is 24.6 Å². The summed E-state index contributed by atoms with van der Waals surface area (Å²) in [5, 5.41) is 1.35. The van der Waals surface area contributed by atoms with Crippen molar-refractivity contribution in [2.75, 3.05) is 0 Å². The molecule has 1 aromatic heterocycles. The van der Waals surface area contributed by atoms with E-state index in [1.54, 1.807) is 19.1 Å². The molecule has 82 valence electrons. The van der Waals surface area contributed by atoms with Crippen LogP contribution in [-0.4, -0.2) is 9.97 Å². The van der Waals surface area contributed by atoms with Gasteiger partial charge in [0, 0.05) is 5.02 Å². The average Bonchev–Trinajstić information content (AvgIpc) is 2.19. The largest absolute Gasteiger partial charge is 0.221 e. The number of rotatable bonds is 1. The van der Waals surface area contributed by atoms with E-state index in [1.807, 2.05) is 12.1 Å². The Morgan fingerprint density at radius 3 is 1.88 bits per heavy atom. The van der Waals surface area contributed by atoms with Gasteiger partial charge in [0.25, 0.3) is 0 Å². The molecule has 0 aliphatic heterocycles. The fourth-order valence-electron chi connectivity index (χ4n) is 1.36. The summed E-state index contributed by atoms with van der Waals surface area (Å²) in [4.78, 5) is 8.14. The minimum atomic E-state index is 0.347. The highest BCUT2D eigenvalue weighted by Gasteiger charge is 2.11. The second-order valence-electron chi connectivity index (χ2n) is 3.23. The van der Waals surface area contributed by atoms with Gasteiger partial charge in [0.2, 0.25) is 0 Å². The van der Waals surface area contributed by atoms with Crippen LogP contribution < -0.4 is 0 Å². The molecule has 0 aliphatic rings. The first-order chi connectivity index (χ1) is 7.58. The molecule has 0 amide bonds. The lowest BCUT2D eigenvalue weighted by atomic mass is 10.1. The number of aromatic nitrogens is 2. The van der Waals surface area contributed by atoms with Gasteiger partial charge in [-0.15, -0.1) is 0 Å². The van der Waals surface area contributed by atoms with Gasteiger partial charge in [0.1, 0.15) is 16.1 Å². The zero-order chi connectivity index (χ0) is 11.7. The van der Waals surface area contributed by atoms with E-state index in [1.165, 1.54) is 0 Å². The summed E-state index contributed by atoms with van der Waals surface area (Å²) in [6.07, 6.45) is 0. The minimum Gasteiger partial charge on any atom is -0.221 e. The van der Waals surface area contributed by atoms with Crippen molar-refractivity contribution in [1.29, 1.82) is 0 Å². The molecule has 0 bridgehead atoms. The van der Waals surface area contributed by atoms with Crippen molar-refractivity contribution < 1.29 is 0 Å². The standard InChI is InChI=1S/C11H7Cl3N2/c1-6-15-10(13)9(11(14)16-6)7-2-4-8(12)5-3-7/h2-5H,1H3. The van der Waals surface area contributed by atoms with Gasteiger partial charge in [-0.2, -0.15) is 0 Å². The van der Waals surface area contributed by atoms with Crippen molar-refractivity contribution in [3.63, 3.8) is 0 Å². The van der Waals surface area contributed by atoms with Crippen LogP contribution in [0.5, 0.6) is 0 Å². The van der Waals surface area contributed by atoms with Gasteiger partial charge in [0.05, 0.1) is 5.56 Å². The van der Waals surface area contributed by atoms with E-state index in [0.29, 0.717) is 26.7 Å². The highest BCUT2D eigenvalue weighted by Crippen LogP contribution is 2.32. The molecule has 16 heavy (non-hydrogen) atoms. The van der Waals surface area contributed by atoms with Crippen LogP contribution in [0.3, 0.4) is 0 Å². The fourth-order valence-corrected chi connectivity index (χ4v) is 2.18. The molecule has 5 heteroatoms. The molecule has 0 fully saturated rings. The number of hydrogen-bond donors (Lipinski definition) is 0. The van der Waals surface area contributed by atoms with Crippen LogP contribution in [-0.2, 0) is 0 Å². The van der Waals surface area contributed by atoms with E-state index in [-0.39, 0.29) is 0 Å². The maximum absolute atomic E-state index is 6.04. The molecule has 0 radical (unpaired) electrons. The Bertz CT molecular complexity index is 500. The van der Waals surface area contributed by atoms with Crippen LogP contribution in [0.2, 0.25) is 15.3 Å². The Balaban J connectivity index is 2.60. The predicted octanol–water partition coefficient (Wildman–Crippen LogP) is 4.41. The highest BCUT2D eigenvalue weighted by molar-refractivity contribution is 6.37. The predicted molar refractivity (Wildman–Crippen MR) is 67.2 cm³/mol. The van der Waals surface area contributed by atoms with E-state index in [0.717, 1.165) is 5.56 Å². The van der Waals surface area contributed by atoms with Crippen molar-refractivity contribution in [2.45, 2.75) is 6.92 Å². The molecule has 2 rings (SSSR count). The van der Waals surface area contributed by atoms with Crippen LogP contribution in [0.15, 0.2) is 24.3 Å². The molecule has 0 saturated carbocycles. The fraction of sp³-hybridized carbons (Fsp3) is 0.0909. The lowest BCUT2D eigenvalue weighted by Crippen LogP contribution is -1.93. The topological polar surface area (TPSA) is 25.8 Å². The number of nitrogens with zero attached hydrogens (tertiary/aromatic N) is 2. The van der Waals surface area contributed by atoms with Crippen molar-refractivity contribution >= 4 is 34.8 Å². The lowest BCUT2D eigenvalue weighted by Gasteiger charge is -2.06. The summed E-state index contributed by atoms with van der Waals surface area (Å²) < 4.78 is 0. The maximum atomic E-state index is 6.04. The van der Waals surface area contributed by atoms with E-state index in [9.17, 15) is 0 Å². The zero-order valence-corrected chi connectivity index (χ0v) is 10.6. The van der Waals surface area contributed by atoms with Gasteiger partial charge in [-0.25, -0.2) is 9.97 Å². The van der Waals surface area contributed by atoms with Gasteiger partial charge in [-0.3, -0.25) is 0 Å². The Kier molecular flexibility index (Phi) is 3.33. The van der Waals surface area contributed by atoms with Crippen LogP contribution in [0.4, 0.5) is 0 Å². The van der Waals surface area contributed by atoms with E-state index >= 15 is 0 Å². The molecule has 0 aliphatic carbocycles. The van der Waals surface area contributed by atoms with Gasteiger partial charge < -0.3 is 0 Å². The molecule has 2 nitrogen and oxygen atoms in total. The molecular weight excluding hydrogens is 266 g/mol. The SMILES string of the molecule is Cc1nc(Cl)c(-c2ccc(Cl)cc2)c(Cl)n1. The van der Waals surface area contributed by atoms with Crippen LogP contribution in [0.1, 0.15) is 5.82 Å². The zero-order valence-electron chi connectivity index (χ0n) is 8.34. The van der Waals surface area contributed by atoms with E-state index < -0.39 is 0 Å². The number of halogens is 3. The van der Waals surface area contributed by atoms with Crippen molar-refractivity contribution in [2.24, 2.45) is 0 Å². The average molecular weight is 274 g/mol. The molecule has 0 spiro atoms. The van der Waals surface area contributed by atoms with Crippen molar-refractivity contribution in [1.82, 2.24) is 9.97 Å². The van der Waals surface area contributed by atoms with Gasteiger partial charge in [-0.1, -0.05) is 46.9 Å². The molecule has 1 heterocycles. The first kappa shape index (κ1) is 11.6. The van der Waals surface area contributed by atoms with Crippen LogP contribution in [0, 0.1) is 6.92 Å². The summed E-state index contributed by atoms with van der Waals surface area (Å²) >= 11 is 17.9. The normalized spacial score (nSPS) is 10.5. The molecule has 2 aromatic rings. The molecular formula is C11H7Cl3N2.